The number of hydrogen-bond donors (Lipinski definition) is 2. The first-order chi connectivity index (χ1) is 16.7. The molecule has 35 heavy (non-hydrogen) atoms. The van der Waals surface area contributed by atoms with Gasteiger partial charge in [0.25, 0.3) is 0 Å². The van der Waals surface area contributed by atoms with Gasteiger partial charge in [-0.05, 0) is 76.1 Å². The number of pyridine rings is 2. The predicted octanol–water partition coefficient (Wildman–Crippen LogP) is 3.77. The summed E-state index contributed by atoms with van der Waals surface area (Å²) < 4.78 is 31.6. The summed E-state index contributed by atoms with van der Waals surface area (Å²) >= 11 is 0. The predicted molar refractivity (Wildman–Crippen MR) is 139 cm³/mol. The van der Waals surface area contributed by atoms with Crippen molar-refractivity contribution in [2.24, 2.45) is 0 Å². The Labute approximate surface area is 207 Å². The number of nitrogens with zero attached hydrogens (tertiary/aromatic N) is 3. The van der Waals surface area contributed by atoms with E-state index in [0.29, 0.717) is 18.9 Å². The van der Waals surface area contributed by atoms with Crippen LogP contribution in [0.1, 0.15) is 51.3 Å². The average Bonchev–Trinajstić information content (AvgIpc) is 3.64. The summed E-state index contributed by atoms with van der Waals surface area (Å²) in [6.07, 6.45) is 2.42. The van der Waals surface area contributed by atoms with Crippen LogP contribution in [0.5, 0.6) is 0 Å². The molecule has 1 atom stereocenters. The Balaban J connectivity index is 1.64. The Morgan fingerprint density at radius 1 is 1.17 bits per heavy atom. The van der Waals surface area contributed by atoms with Crippen LogP contribution in [0.2, 0.25) is 0 Å². The van der Waals surface area contributed by atoms with Crippen LogP contribution < -0.4 is 10.2 Å². The molecule has 0 radical (unpaired) electrons. The van der Waals surface area contributed by atoms with Gasteiger partial charge in [-0.25, -0.2) is 18.4 Å². The Kier molecular flexibility index (Phi) is 6.35. The molecule has 1 aliphatic carbocycles. The summed E-state index contributed by atoms with van der Waals surface area (Å²) in [5, 5.41) is 2.91. The lowest BCUT2D eigenvalue weighted by molar-refractivity contribution is 0.0925. The topological polar surface area (TPSA) is 100 Å². The molecule has 4 heterocycles. The molecule has 0 spiro atoms. The number of rotatable bonds is 8. The van der Waals surface area contributed by atoms with Gasteiger partial charge in [0.15, 0.2) is 9.84 Å². The van der Waals surface area contributed by atoms with Crippen LogP contribution in [-0.2, 0) is 25.9 Å². The fourth-order valence-electron chi connectivity index (χ4n) is 4.89. The largest absolute Gasteiger partial charge is 0.377 e. The highest BCUT2D eigenvalue weighted by Gasteiger charge is 2.47. The maximum Gasteiger partial charge on any atom is 0.162 e. The summed E-state index contributed by atoms with van der Waals surface area (Å²) in [7, 11) is -1.41. The summed E-state index contributed by atoms with van der Waals surface area (Å²) in [4.78, 5) is 15.6. The van der Waals surface area contributed by atoms with Gasteiger partial charge < -0.3 is 19.9 Å². The van der Waals surface area contributed by atoms with Crippen molar-refractivity contribution in [1.29, 1.82) is 0 Å². The van der Waals surface area contributed by atoms with E-state index >= 15 is 0 Å². The molecule has 2 aliphatic rings. The van der Waals surface area contributed by atoms with Gasteiger partial charge in [0, 0.05) is 18.8 Å². The molecule has 2 fully saturated rings. The second kappa shape index (κ2) is 9.19. The standard InChI is InChI=1S/C26H35N5O3S/c1-5-19-16-34-11-10-31(19)25-13-17(26(2,3)35(32,33)20-6-7-20)12-23(30-25)22-9-8-21-24(29-22)14-18(28-21)15-27-4/h8-9,12-14,19-20,27-28H,5-7,10-11,15-16H2,1-4H3. The molecule has 0 bridgehead atoms. The smallest absolute Gasteiger partial charge is 0.162 e. The Morgan fingerprint density at radius 3 is 2.69 bits per heavy atom. The Hall–Kier alpha value is -2.49. The minimum absolute atomic E-state index is 0.201. The van der Waals surface area contributed by atoms with Gasteiger partial charge in [0.2, 0.25) is 0 Å². The van der Waals surface area contributed by atoms with Gasteiger partial charge in [-0.3, -0.25) is 0 Å². The SMILES string of the molecule is CCC1COCCN1c1cc(C(C)(C)S(=O)(=O)C2CC2)cc(-c2ccc3[nH]c(CNC)cc3n2)n1. The number of aromatic nitrogens is 3. The maximum absolute atomic E-state index is 13.4. The molecule has 9 heteroatoms. The van der Waals surface area contributed by atoms with E-state index in [4.69, 9.17) is 14.7 Å². The molecule has 188 valence electrons. The van der Waals surface area contributed by atoms with Crippen molar-refractivity contribution in [3.63, 3.8) is 0 Å². The van der Waals surface area contributed by atoms with Crippen LogP contribution in [0.3, 0.4) is 0 Å². The van der Waals surface area contributed by atoms with Crippen LogP contribution >= 0.6 is 0 Å². The second-order valence-electron chi connectivity index (χ2n) is 10.1. The first-order valence-electron chi connectivity index (χ1n) is 12.5. The molecule has 1 saturated carbocycles. The van der Waals surface area contributed by atoms with Gasteiger partial charge >= 0.3 is 0 Å². The van der Waals surface area contributed by atoms with Gasteiger partial charge in [0.05, 0.1) is 51.7 Å². The fourth-order valence-corrected chi connectivity index (χ4v) is 6.93. The summed E-state index contributed by atoms with van der Waals surface area (Å²) in [6, 6.07) is 10.1. The van der Waals surface area contributed by atoms with Crippen molar-refractivity contribution < 1.29 is 13.2 Å². The zero-order valence-electron chi connectivity index (χ0n) is 21.0. The molecule has 2 N–H and O–H groups in total. The fraction of sp³-hybridized carbons (Fsp3) is 0.538. The number of fused-ring (bicyclic) bond motifs is 1. The van der Waals surface area contributed by atoms with E-state index in [-0.39, 0.29) is 11.3 Å². The lowest BCUT2D eigenvalue weighted by Gasteiger charge is -2.37. The Bertz CT molecular complexity index is 1330. The molecular weight excluding hydrogens is 462 g/mol. The highest BCUT2D eigenvalue weighted by atomic mass is 32.2. The number of aromatic amines is 1. The van der Waals surface area contributed by atoms with E-state index in [9.17, 15) is 8.42 Å². The minimum atomic E-state index is -3.32. The first kappa shape index (κ1) is 24.2. The van der Waals surface area contributed by atoms with E-state index in [2.05, 4.69) is 22.1 Å². The van der Waals surface area contributed by atoms with Crippen molar-refractivity contribution in [2.45, 2.75) is 62.6 Å². The van der Waals surface area contributed by atoms with Crippen molar-refractivity contribution >= 4 is 26.7 Å². The molecule has 3 aromatic rings. The van der Waals surface area contributed by atoms with E-state index in [1.807, 2.05) is 51.2 Å². The number of ether oxygens (including phenoxy) is 1. The van der Waals surface area contributed by atoms with Gasteiger partial charge in [0.1, 0.15) is 5.82 Å². The molecule has 5 rings (SSSR count). The normalized spacial score (nSPS) is 19.4. The van der Waals surface area contributed by atoms with Crippen molar-refractivity contribution in [3.05, 3.63) is 41.6 Å². The Morgan fingerprint density at radius 2 is 1.97 bits per heavy atom. The minimum Gasteiger partial charge on any atom is -0.377 e. The molecule has 3 aromatic heterocycles. The van der Waals surface area contributed by atoms with E-state index in [0.717, 1.165) is 66.2 Å². The molecule has 8 nitrogen and oxygen atoms in total. The van der Waals surface area contributed by atoms with E-state index < -0.39 is 14.6 Å². The zero-order chi connectivity index (χ0) is 24.8. The molecule has 1 aliphatic heterocycles. The third kappa shape index (κ3) is 4.45. The van der Waals surface area contributed by atoms with Crippen LogP contribution in [-0.4, -0.2) is 61.5 Å². The third-order valence-electron chi connectivity index (χ3n) is 7.34. The molecule has 1 saturated heterocycles. The first-order valence-corrected chi connectivity index (χ1v) is 14.0. The number of nitrogens with one attached hydrogen (secondary N) is 2. The number of hydrogen-bond acceptors (Lipinski definition) is 7. The third-order valence-corrected chi connectivity index (χ3v) is 10.3. The molecule has 0 amide bonds. The average molecular weight is 498 g/mol. The molecular formula is C26H35N5O3S. The summed E-state index contributed by atoms with van der Waals surface area (Å²) in [5.41, 5.74) is 5.08. The van der Waals surface area contributed by atoms with Gasteiger partial charge in [-0.15, -0.1) is 0 Å². The van der Waals surface area contributed by atoms with E-state index in [1.54, 1.807) is 0 Å². The van der Waals surface area contributed by atoms with Crippen molar-refractivity contribution in [1.82, 2.24) is 20.3 Å². The number of morpholine rings is 1. The van der Waals surface area contributed by atoms with Gasteiger partial charge in [-0.1, -0.05) is 6.92 Å². The number of anilines is 1. The van der Waals surface area contributed by atoms with Crippen molar-refractivity contribution in [3.8, 4) is 11.4 Å². The van der Waals surface area contributed by atoms with Crippen LogP contribution in [0.25, 0.3) is 22.4 Å². The van der Waals surface area contributed by atoms with Crippen LogP contribution in [0, 0.1) is 0 Å². The van der Waals surface area contributed by atoms with E-state index in [1.165, 1.54) is 0 Å². The summed E-state index contributed by atoms with van der Waals surface area (Å²) in [6.45, 7) is 8.52. The van der Waals surface area contributed by atoms with Crippen molar-refractivity contribution in [2.75, 3.05) is 31.7 Å². The van der Waals surface area contributed by atoms with Gasteiger partial charge in [-0.2, -0.15) is 0 Å². The zero-order valence-corrected chi connectivity index (χ0v) is 21.8. The highest BCUT2D eigenvalue weighted by Crippen LogP contribution is 2.43. The maximum atomic E-state index is 13.4. The quantitative estimate of drug-likeness (QED) is 0.489. The lowest BCUT2D eigenvalue weighted by Crippen LogP contribution is -2.45. The molecule has 1 unspecified atom stereocenters. The van der Waals surface area contributed by atoms with Crippen LogP contribution in [0.4, 0.5) is 5.82 Å². The summed E-state index contributed by atoms with van der Waals surface area (Å²) in [5.74, 6) is 0.790. The highest BCUT2D eigenvalue weighted by molar-refractivity contribution is 7.93. The van der Waals surface area contributed by atoms with Crippen LogP contribution in [0.15, 0.2) is 30.3 Å². The number of sulfone groups is 1. The monoisotopic (exact) mass is 497 g/mol. The molecule has 0 aromatic carbocycles. The lowest BCUT2D eigenvalue weighted by atomic mass is 10.0. The second-order valence-corrected chi connectivity index (χ2v) is 12.9. The number of H-pyrrole nitrogens is 1.